The first-order chi connectivity index (χ1) is 16.1. The normalized spacial score (nSPS) is 14.8. The molecule has 0 atom stereocenters. The van der Waals surface area contributed by atoms with Crippen molar-refractivity contribution in [1.29, 1.82) is 0 Å². The zero-order valence-electron chi connectivity index (χ0n) is 18.3. The van der Waals surface area contributed by atoms with Gasteiger partial charge in [-0.2, -0.15) is 0 Å². The van der Waals surface area contributed by atoms with E-state index in [9.17, 15) is 9.59 Å². The van der Waals surface area contributed by atoms with Gasteiger partial charge in [0.2, 0.25) is 5.91 Å². The lowest BCUT2D eigenvalue weighted by Gasteiger charge is -2.32. The molecule has 0 unspecified atom stereocenters. The van der Waals surface area contributed by atoms with E-state index in [4.69, 9.17) is 11.6 Å². The Morgan fingerprint density at radius 1 is 1.06 bits per heavy atom. The molecule has 1 saturated heterocycles. The average Bonchev–Trinajstić information content (AvgIpc) is 3.15. The van der Waals surface area contributed by atoms with E-state index >= 15 is 0 Å². The number of rotatable bonds is 6. The molecule has 5 rings (SSSR count). The van der Waals surface area contributed by atoms with E-state index in [1.807, 2.05) is 51.9 Å². The van der Waals surface area contributed by atoms with Crippen LogP contribution in [0, 0.1) is 5.92 Å². The average molecular weight is 480 g/mol. The number of carbonyl (C=O) groups excluding carboxylic acids is 1. The summed E-state index contributed by atoms with van der Waals surface area (Å²) in [5.74, 6) is 0.650. The van der Waals surface area contributed by atoms with Crippen molar-refractivity contribution in [2.45, 2.75) is 25.8 Å². The van der Waals surface area contributed by atoms with Crippen molar-refractivity contribution in [2.75, 3.05) is 25.0 Å². The molecule has 1 aliphatic rings. The van der Waals surface area contributed by atoms with Crippen LogP contribution in [0.2, 0.25) is 5.02 Å². The first-order valence-electron chi connectivity index (χ1n) is 11.4. The van der Waals surface area contributed by atoms with Gasteiger partial charge < -0.3 is 10.2 Å². The minimum atomic E-state index is 0.0689. The molecule has 1 amide bonds. The molecule has 1 aliphatic heterocycles. The molecule has 1 aromatic heterocycles. The van der Waals surface area contributed by atoms with Crippen molar-refractivity contribution in [1.82, 2.24) is 9.47 Å². The number of amides is 1. The Kier molecular flexibility index (Phi) is 6.38. The van der Waals surface area contributed by atoms with Crippen molar-refractivity contribution < 1.29 is 4.79 Å². The maximum Gasteiger partial charge on any atom is 0.308 e. The highest BCUT2D eigenvalue weighted by Crippen LogP contribution is 2.26. The Hall–Kier alpha value is -2.83. The van der Waals surface area contributed by atoms with Crippen LogP contribution >= 0.6 is 22.9 Å². The lowest BCUT2D eigenvalue weighted by molar-refractivity contribution is -0.130. The van der Waals surface area contributed by atoms with Gasteiger partial charge in [-0.25, -0.2) is 0 Å². The van der Waals surface area contributed by atoms with Crippen molar-refractivity contribution in [3.8, 4) is 0 Å². The smallest absolute Gasteiger partial charge is 0.308 e. The molecule has 0 aliphatic carbocycles. The van der Waals surface area contributed by atoms with E-state index in [0.717, 1.165) is 59.0 Å². The summed E-state index contributed by atoms with van der Waals surface area (Å²) in [5, 5.41) is 6.27. The number of nitrogens with one attached hydrogen (secondary N) is 1. The summed E-state index contributed by atoms with van der Waals surface area (Å²) in [4.78, 5) is 27.2. The number of aryl methyl sites for hydroxylation is 1. The summed E-state index contributed by atoms with van der Waals surface area (Å²) in [6, 6.07) is 19.9. The quantitative estimate of drug-likeness (QED) is 0.391. The van der Waals surface area contributed by atoms with Crippen LogP contribution in [0.1, 0.15) is 19.3 Å². The fourth-order valence-corrected chi connectivity index (χ4v) is 5.76. The number of carbonyl (C=O) groups is 1. The van der Waals surface area contributed by atoms with Gasteiger partial charge in [0.25, 0.3) is 0 Å². The Bertz CT molecular complexity index is 1350. The highest BCUT2D eigenvalue weighted by Gasteiger charge is 2.23. The fourth-order valence-electron chi connectivity index (χ4n) is 4.69. The van der Waals surface area contributed by atoms with Crippen LogP contribution in [0.5, 0.6) is 0 Å². The second-order valence-corrected chi connectivity index (χ2v) is 10.1. The van der Waals surface area contributed by atoms with Crippen molar-refractivity contribution in [3.05, 3.63) is 75.4 Å². The first-order valence-corrected chi connectivity index (χ1v) is 12.6. The number of thiazole rings is 1. The van der Waals surface area contributed by atoms with Gasteiger partial charge in [0.1, 0.15) is 0 Å². The van der Waals surface area contributed by atoms with E-state index in [1.54, 1.807) is 0 Å². The monoisotopic (exact) mass is 479 g/mol. The molecule has 0 bridgehead atoms. The summed E-state index contributed by atoms with van der Waals surface area (Å²) in [6.07, 6.45) is 2.88. The molecule has 0 radical (unpaired) electrons. The second kappa shape index (κ2) is 9.57. The number of hydrogen-bond donors (Lipinski definition) is 1. The fraction of sp³-hybridized carbons (Fsp3) is 0.308. The van der Waals surface area contributed by atoms with Crippen LogP contribution in [0.3, 0.4) is 0 Å². The van der Waals surface area contributed by atoms with Crippen LogP contribution in [0.25, 0.3) is 21.0 Å². The summed E-state index contributed by atoms with van der Waals surface area (Å²) >= 11 is 7.41. The predicted molar refractivity (Wildman–Crippen MR) is 137 cm³/mol. The third kappa shape index (κ3) is 4.77. The van der Waals surface area contributed by atoms with E-state index in [0.29, 0.717) is 24.0 Å². The number of anilines is 1. The van der Waals surface area contributed by atoms with Crippen LogP contribution in [-0.2, 0) is 11.3 Å². The van der Waals surface area contributed by atoms with Crippen molar-refractivity contribution in [3.63, 3.8) is 0 Å². The van der Waals surface area contributed by atoms with Gasteiger partial charge in [0.15, 0.2) is 0 Å². The SMILES string of the molecule is O=C(CNc1cccc2ccccc12)N1CCC(CCn2c(=O)sc3ccc(Cl)cc32)CC1. The maximum atomic E-state index is 12.8. The predicted octanol–water partition coefficient (Wildman–Crippen LogP) is 5.61. The number of fused-ring (bicyclic) bond motifs is 2. The van der Waals surface area contributed by atoms with E-state index in [-0.39, 0.29) is 10.8 Å². The van der Waals surface area contributed by atoms with Crippen LogP contribution in [0.15, 0.2) is 65.5 Å². The minimum absolute atomic E-state index is 0.0689. The maximum absolute atomic E-state index is 12.8. The van der Waals surface area contributed by atoms with Gasteiger partial charge in [-0.15, -0.1) is 0 Å². The Morgan fingerprint density at radius 2 is 1.85 bits per heavy atom. The Morgan fingerprint density at radius 3 is 2.70 bits per heavy atom. The van der Waals surface area contributed by atoms with Gasteiger partial charge in [-0.05, 0) is 54.8 Å². The molecule has 7 heteroatoms. The molecule has 0 saturated carbocycles. The number of halogens is 1. The van der Waals surface area contributed by atoms with Gasteiger partial charge in [0, 0.05) is 35.7 Å². The summed E-state index contributed by atoms with van der Waals surface area (Å²) in [5.41, 5.74) is 1.91. The molecule has 5 nitrogen and oxygen atoms in total. The van der Waals surface area contributed by atoms with E-state index in [1.165, 1.54) is 11.3 Å². The number of aromatic nitrogens is 1. The molecular weight excluding hydrogens is 454 g/mol. The van der Waals surface area contributed by atoms with Crippen molar-refractivity contribution in [2.24, 2.45) is 5.92 Å². The van der Waals surface area contributed by atoms with E-state index in [2.05, 4.69) is 23.5 Å². The zero-order chi connectivity index (χ0) is 22.8. The molecule has 1 N–H and O–H groups in total. The number of piperidine rings is 1. The summed E-state index contributed by atoms with van der Waals surface area (Å²) in [7, 11) is 0. The van der Waals surface area contributed by atoms with Gasteiger partial charge >= 0.3 is 4.87 Å². The van der Waals surface area contributed by atoms with Gasteiger partial charge in [0.05, 0.1) is 16.8 Å². The molecule has 170 valence electrons. The molecular formula is C26H26ClN3O2S. The number of likely N-dealkylation sites (tertiary alicyclic amines) is 1. The molecule has 0 spiro atoms. The molecule has 4 aromatic rings. The highest BCUT2D eigenvalue weighted by molar-refractivity contribution is 7.16. The molecule has 2 heterocycles. The standard InChI is InChI=1S/C26H26ClN3O2S/c27-20-8-9-24-23(16-20)30(26(32)33-24)15-12-18-10-13-29(14-11-18)25(31)17-28-22-7-3-5-19-4-1-2-6-21(19)22/h1-9,16,18,28H,10-15,17H2. The zero-order valence-corrected chi connectivity index (χ0v) is 19.9. The lowest BCUT2D eigenvalue weighted by atomic mass is 9.93. The number of benzene rings is 3. The summed E-state index contributed by atoms with van der Waals surface area (Å²) < 4.78 is 2.82. The molecule has 1 fully saturated rings. The van der Waals surface area contributed by atoms with E-state index < -0.39 is 0 Å². The van der Waals surface area contributed by atoms with Crippen LogP contribution in [0.4, 0.5) is 5.69 Å². The first kappa shape index (κ1) is 22.0. The second-order valence-electron chi connectivity index (χ2n) is 8.62. The van der Waals surface area contributed by atoms with Crippen LogP contribution in [-0.4, -0.2) is 35.0 Å². The Balaban J connectivity index is 1.14. The molecule has 3 aromatic carbocycles. The lowest BCUT2D eigenvalue weighted by Crippen LogP contribution is -2.41. The Labute approximate surface area is 201 Å². The third-order valence-corrected chi connectivity index (χ3v) is 7.77. The third-order valence-electron chi connectivity index (χ3n) is 6.58. The summed E-state index contributed by atoms with van der Waals surface area (Å²) in [6.45, 7) is 2.54. The number of hydrogen-bond acceptors (Lipinski definition) is 4. The molecule has 33 heavy (non-hydrogen) atoms. The van der Waals surface area contributed by atoms with Gasteiger partial charge in [-0.3, -0.25) is 14.2 Å². The van der Waals surface area contributed by atoms with Gasteiger partial charge in [-0.1, -0.05) is 59.3 Å². The highest BCUT2D eigenvalue weighted by atomic mass is 35.5. The topological polar surface area (TPSA) is 54.3 Å². The van der Waals surface area contributed by atoms with Crippen LogP contribution < -0.4 is 10.2 Å². The van der Waals surface area contributed by atoms with Crippen molar-refractivity contribution >= 4 is 55.5 Å². The minimum Gasteiger partial charge on any atom is -0.376 e. The largest absolute Gasteiger partial charge is 0.376 e. The number of nitrogens with zero attached hydrogens (tertiary/aromatic N) is 2.